The van der Waals surface area contributed by atoms with Crippen molar-refractivity contribution in [3.8, 4) is 0 Å². The fourth-order valence-electron chi connectivity index (χ4n) is 2.92. The van der Waals surface area contributed by atoms with Crippen LogP contribution in [0, 0.1) is 11.7 Å². The zero-order chi connectivity index (χ0) is 18.6. The van der Waals surface area contributed by atoms with E-state index in [1.807, 2.05) is 20.8 Å². The number of ether oxygens (including phenoxy) is 1. The molecule has 6 heteroatoms. The lowest BCUT2D eigenvalue weighted by Gasteiger charge is -2.35. The molecule has 1 aliphatic heterocycles. The first-order chi connectivity index (χ1) is 11.7. The van der Waals surface area contributed by atoms with Crippen LogP contribution in [0.15, 0.2) is 24.3 Å². The average molecular weight is 350 g/mol. The highest BCUT2D eigenvalue weighted by atomic mass is 19.1. The Morgan fingerprint density at radius 2 is 1.92 bits per heavy atom. The number of hydrogen-bond acceptors (Lipinski definition) is 3. The largest absolute Gasteiger partial charge is 0.444 e. The second-order valence-electron chi connectivity index (χ2n) is 7.59. The van der Waals surface area contributed by atoms with E-state index in [9.17, 15) is 14.0 Å². The van der Waals surface area contributed by atoms with Crippen molar-refractivity contribution in [2.24, 2.45) is 5.92 Å². The van der Waals surface area contributed by atoms with Gasteiger partial charge in [0.25, 0.3) is 0 Å². The maximum absolute atomic E-state index is 13.0. The fraction of sp³-hybridized carbons (Fsp3) is 0.579. The number of amides is 2. The predicted molar refractivity (Wildman–Crippen MR) is 93.4 cm³/mol. The van der Waals surface area contributed by atoms with Gasteiger partial charge in [-0.1, -0.05) is 12.1 Å². The van der Waals surface area contributed by atoms with Gasteiger partial charge in [-0.05, 0) is 51.3 Å². The molecule has 0 radical (unpaired) electrons. The molecule has 138 valence electrons. The van der Waals surface area contributed by atoms with Crippen LogP contribution < -0.4 is 0 Å². The van der Waals surface area contributed by atoms with Gasteiger partial charge in [-0.15, -0.1) is 0 Å². The third kappa shape index (κ3) is 5.73. The molecule has 5 nitrogen and oxygen atoms in total. The van der Waals surface area contributed by atoms with Crippen LogP contribution in [0.3, 0.4) is 0 Å². The Morgan fingerprint density at radius 3 is 2.52 bits per heavy atom. The number of carbonyl (C=O) groups is 2. The van der Waals surface area contributed by atoms with Gasteiger partial charge >= 0.3 is 6.09 Å². The zero-order valence-corrected chi connectivity index (χ0v) is 15.4. The monoisotopic (exact) mass is 350 g/mol. The minimum Gasteiger partial charge on any atom is -0.444 e. The molecule has 1 unspecified atom stereocenters. The van der Waals surface area contributed by atoms with Gasteiger partial charge in [-0.3, -0.25) is 4.79 Å². The van der Waals surface area contributed by atoms with Crippen molar-refractivity contribution in [3.05, 3.63) is 35.6 Å². The summed E-state index contributed by atoms with van der Waals surface area (Å²) in [4.78, 5) is 28.2. The van der Waals surface area contributed by atoms with Gasteiger partial charge in [0.1, 0.15) is 11.4 Å². The SMILES string of the molecule is CN(Cc1ccc(F)cc1)C(=O)C1CCCN(C(=O)OC(C)(C)C)C1. The summed E-state index contributed by atoms with van der Waals surface area (Å²) in [5, 5.41) is 0. The van der Waals surface area contributed by atoms with Crippen molar-refractivity contribution in [3.63, 3.8) is 0 Å². The summed E-state index contributed by atoms with van der Waals surface area (Å²) in [5.41, 5.74) is 0.324. The van der Waals surface area contributed by atoms with Crippen LogP contribution in [-0.4, -0.2) is 47.5 Å². The van der Waals surface area contributed by atoms with Gasteiger partial charge in [0, 0.05) is 26.7 Å². The summed E-state index contributed by atoms with van der Waals surface area (Å²) in [7, 11) is 1.73. The molecular weight excluding hydrogens is 323 g/mol. The van der Waals surface area contributed by atoms with Crippen LogP contribution in [0.2, 0.25) is 0 Å². The van der Waals surface area contributed by atoms with Crippen LogP contribution in [0.25, 0.3) is 0 Å². The standard InChI is InChI=1S/C19H27FN2O3/c1-19(2,3)25-18(24)22-11-5-6-15(13-22)17(23)21(4)12-14-7-9-16(20)10-8-14/h7-10,15H,5-6,11-13H2,1-4H3. The molecule has 2 rings (SSSR count). The van der Waals surface area contributed by atoms with E-state index in [2.05, 4.69) is 0 Å². The van der Waals surface area contributed by atoms with Crippen molar-refractivity contribution in [2.45, 2.75) is 45.8 Å². The molecule has 1 atom stereocenters. The third-order valence-corrected chi connectivity index (χ3v) is 4.13. The highest BCUT2D eigenvalue weighted by Crippen LogP contribution is 2.21. The second kappa shape index (κ2) is 7.85. The van der Waals surface area contributed by atoms with Gasteiger partial charge < -0.3 is 14.5 Å². The molecule has 2 amide bonds. The van der Waals surface area contributed by atoms with E-state index in [0.29, 0.717) is 19.6 Å². The van der Waals surface area contributed by atoms with Crippen molar-refractivity contribution < 1.29 is 18.7 Å². The molecule has 25 heavy (non-hydrogen) atoms. The van der Waals surface area contributed by atoms with E-state index in [4.69, 9.17) is 4.74 Å². The van der Waals surface area contributed by atoms with E-state index in [0.717, 1.165) is 18.4 Å². The first-order valence-corrected chi connectivity index (χ1v) is 8.63. The Hall–Kier alpha value is -2.11. The number of nitrogens with zero attached hydrogens (tertiary/aromatic N) is 2. The molecule has 0 saturated carbocycles. The van der Waals surface area contributed by atoms with Crippen LogP contribution >= 0.6 is 0 Å². The first-order valence-electron chi connectivity index (χ1n) is 8.63. The van der Waals surface area contributed by atoms with Crippen molar-refractivity contribution >= 4 is 12.0 Å². The molecule has 1 aromatic rings. The minimum atomic E-state index is -0.548. The molecule has 0 spiro atoms. The summed E-state index contributed by atoms with van der Waals surface area (Å²) < 4.78 is 18.4. The van der Waals surface area contributed by atoms with Gasteiger partial charge in [0.15, 0.2) is 0 Å². The predicted octanol–water partition coefficient (Wildman–Crippen LogP) is 3.43. The lowest BCUT2D eigenvalue weighted by Crippen LogP contribution is -2.47. The second-order valence-corrected chi connectivity index (χ2v) is 7.59. The zero-order valence-electron chi connectivity index (χ0n) is 15.4. The fourth-order valence-corrected chi connectivity index (χ4v) is 2.92. The molecule has 0 aliphatic carbocycles. The Morgan fingerprint density at radius 1 is 1.28 bits per heavy atom. The van der Waals surface area contributed by atoms with E-state index in [1.54, 1.807) is 29.0 Å². The molecule has 0 N–H and O–H groups in total. The van der Waals surface area contributed by atoms with Crippen molar-refractivity contribution in [2.75, 3.05) is 20.1 Å². The Balaban J connectivity index is 1.94. The Bertz CT molecular complexity index is 610. The lowest BCUT2D eigenvalue weighted by atomic mass is 9.96. The smallest absolute Gasteiger partial charge is 0.410 e. The van der Waals surface area contributed by atoms with Crippen molar-refractivity contribution in [1.29, 1.82) is 0 Å². The first kappa shape index (κ1) is 19.2. The number of carbonyl (C=O) groups excluding carboxylic acids is 2. The van der Waals surface area contributed by atoms with Crippen LogP contribution in [0.1, 0.15) is 39.2 Å². The third-order valence-electron chi connectivity index (χ3n) is 4.13. The van der Waals surface area contributed by atoms with Gasteiger partial charge in [-0.25, -0.2) is 9.18 Å². The maximum Gasteiger partial charge on any atom is 0.410 e. The highest BCUT2D eigenvalue weighted by molar-refractivity contribution is 5.80. The highest BCUT2D eigenvalue weighted by Gasteiger charge is 2.32. The molecule has 1 aromatic carbocycles. The van der Waals surface area contributed by atoms with Gasteiger partial charge in [-0.2, -0.15) is 0 Å². The summed E-state index contributed by atoms with van der Waals surface area (Å²) >= 11 is 0. The lowest BCUT2D eigenvalue weighted by molar-refractivity contribution is -0.136. The minimum absolute atomic E-state index is 0.00224. The number of hydrogen-bond donors (Lipinski definition) is 0. The molecular formula is C19H27FN2O3. The average Bonchev–Trinajstić information content (AvgIpc) is 2.55. The Labute approximate surface area is 148 Å². The molecule has 1 fully saturated rings. The number of likely N-dealkylation sites (tertiary alicyclic amines) is 1. The number of piperidine rings is 1. The summed E-state index contributed by atoms with van der Waals surface area (Å²) in [6.07, 6.45) is 1.16. The van der Waals surface area contributed by atoms with E-state index >= 15 is 0 Å². The normalized spacial score (nSPS) is 18.0. The van der Waals surface area contributed by atoms with Crippen molar-refractivity contribution in [1.82, 2.24) is 9.80 Å². The number of rotatable bonds is 3. The molecule has 1 saturated heterocycles. The van der Waals surface area contributed by atoms with Gasteiger partial charge in [0.05, 0.1) is 5.92 Å². The molecule has 0 aromatic heterocycles. The van der Waals surface area contributed by atoms with Crippen LogP contribution in [0.4, 0.5) is 9.18 Å². The number of halogens is 1. The molecule has 1 heterocycles. The van der Waals surface area contributed by atoms with E-state index < -0.39 is 5.60 Å². The topological polar surface area (TPSA) is 49.9 Å². The Kier molecular flexibility index (Phi) is 6.03. The number of benzene rings is 1. The summed E-state index contributed by atoms with van der Waals surface area (Å²) in [6.45, 7) is 6.89. The molecule has 0 bridgehead atoms. The molecule has 1 aliphatic rings. The van der Waals surface area contributed by atoms with Crippen LogP contribution in [0.5, 0.6) is 0 Å². The maximum atomic E-state index is 13.0. The van der Waals surface area contributed by atoms with Gasteiger partial charge in [0.2, 0.25) is 5.91 Å². The van der Waals surface area contributed by atoms with E-state index in [-0.39, 0.29) is 23.7 Å². The summed E-state index contributed by atoms with van der Waals surface area (Å²) in [5.74, 6) is -0.526. The van der Waals surface area contributed by atoms with Crippen LogP contribution in [-0.2, 0) is 16.1 Å². The summed E-state index contributed by atoms with van der Waals surface area (Å²) in [6, 6.07) is 6.12. The quantitative estimate of drug-likeness (QED) is 0.839. The van der Waals surface area contributed by atoms with E-state index in [1.165, 1.54) is 12.1 Å².